The Hall–Kier alpha value is -2.28. The quantitative estimate of drug-likeness (QED) is 0.699. The summed E-state index contributed by atoms with van der Waals surface area (Å²) in [6.45, 7) is 0. The lowest BCUT2D eigenvalue weighted by Crippen LogP contribution is -2.34. The third-order valence-electron chi connectivity index (χ3n) is 3.77. The predicted molar refractivity (Wildman–Crippen MR) is 75.1 cm³/mol. The summed E-state index contributed by atoms with van der Waals surface area (Å²) in [5, 5.41) is 28.7. The highest BCUT2D eigenvalue weighted by molar-refractivity contribution is 5.81. The first kappa shape index (κ1) is 14.6. The Kier molecular flexibility index (Phi) is 3.89. The number of nitriles is 1. The number of hydrogen-bond donors (Lipinski definition) is 3. The molecule has 0 amide bonds. The Morgan fingerprint density at radius 3 is 3.09 bits per heavy atom. The zero-order chi connectivity index (χ0) is 15.7. The van der Waals surface area contributed by atoms with Gasteiger partial charge in [-0.05, 0) is 6.42 Å². The number of nitrogens with two attached hydrogens (primary N) is 1. The van der Waals surface area contributed by atoms with Gasteiger partial charge in [-0.25, -0.2) is 15.0 Å². The normalized spacial score (nSPS) is 26.1. The molecule has 1 fully saturated rings. The first-order valence-electron chi connectivity index (χ1n) is 6.93. The molecular formula is C13H16N6O3. The van der Waals surface area contributed by atoms with Crippen LogP contribution >= 0.6 is 0 Å². The maximum Gasteiger partial charge on any atom is 0.167 e. The lowest BCUT2D eigenvalue weighted by Gasteiger charge is -2.20. The number of nitrogen functional groups attached to an aromatic ring is 1. The summed E-state index contributed by atoms with van der Waals surface area (Å²) in [7, 11) is 0. The summed E-state index contributed by atoms with van der Waals surface area (Å²) in [6, 6.07) is 1.96. The molecule has 0 saturated carbocycles. The van der Waals surface area contributed by atoms with E-state index in [0.29, 0.717) is 17.6 Å². The number of rotatable bonds is 4. The van der Waals surface area contributed by atoms with Crippen molar-refractivity contribution in [2.45, 2.75) is 43.8 Å². The van der Waals surface area contributed by atoms with Crippen LogP contribution in [0.5, 0.6) is 0 Å². The monoisotopic (exact) mass is 304 g/mol. The highest BCUT2D eigenvalue weighted by Crippen LogP contribution is 2.33. The Labute approximate surface area is 126 Å². The highest BCUT2D eigenvalue weighted by atomic mass is 16.5. The second-order valence-electron chi connectivity index (χ2n) is 5.21. The number of imidazole rings is 1. The molecule has 1 saturated heterocycles. The number of ether oxygens (including phenoxy) is 1. The number of aliphatic hydroxyl groups excluding tert-OH is 2. The van der Waals surface area contributed by atoms with Crippen molar-refractivity contribution in [3.63, 3.8) is 0 Å². The van der Waals surface area contributed by atoms with E-state index in [4.69, 9.17) is 15.7 Å². The van der Waals surface area contributed by atoms with Crippen LogP contribution in [0.1, 0.15) is 25.5 Å². The van der Waals surface area contributed by atoms with Gasteiger partial charge in [0.1, 0.15) is 24.2 Å². The molecule has 9 nitrogen and oxygen atoms in total. The van der Waals surface area contributed by atoms with Crippen molar-refractivity contribution in [1.29, 1.82) is 5.26 Å². The van der Waals surface area contributed by atoms with E-state index < -0.39 is 24.5 Å². The van der Waals surface area contributed by atoms with Gasteiger partial charge < -0.3 is 20.7 Å². The van der Waals surface area contributed by atoms with Gasteiger partial charge in [-0.3, -0.25) is 4.57 Å². The molecule has 0 radical (unpaired) electrons. The second kappa shape index (κ2) is 5.84. The van der Waals surface area contributed by atoms with Crippen LogP contribution in [0.15, 0.2) is 12.7 Å². The van der Waals surface area contributed by atoms with E-state index >= 15 is 0 Å². The molecule has 1 aliphatic heterocycles. The van der Waals surface area contributed by atoms with E-state index in [9.17, 15) is 10.2 Å². The molecule has 4 atom stereocenters. The average molecular weight is 304 g/mol. The van der Waals surface area contributed by atoms with Gasteiger partial charge in [0, 0.05) is 12.8 Å². The van der Waals surface area contributed by atoms with Crippen LogP contribution in [0.3, 0.4) is 0 Å². The molecule has 0 spiro atoms. The number of fused-ring (bicyclic) bond motifs is 1. The molecule has 3 rings (SSSR count). The Morgan fingerprint density at radius 2 is 2.32 bits per heavy atom. The zero-order valence-electron chi connectivity index (χ0n) is 11.7. The van der Waals surface area contributed by atoms with Gasteiger partial charge in [0.05, 0.1) is 24.6 Å². The predicted octanol–water partition coefficient (Wildman–Crippen LogP) is -0.278. The topological polar surface area (TPSA) is 143 Å². The summed E-state index contributed by atoms with van der Waals surface area (Å²) < 4.78 is 7.40. The van der Waals surface area contributed by atoms with Crippen molar-refractivity contribution in [1.82, 2.24) is 19.5 Å². The molecule has 2 aromatic rings. The van der Waals surface area contributed by atoms with Gasteiger partial charge >= 0.3 is 0 Å². The van der Waals surface area contributed by atoms with E-state index in [0.717, 1.165) is 0 Å². The first-order valence-corrected chi connectivity index (χ1v) is 6.93. The number of anilines is 1. The van der Waals surface area contributed by atoms with Crippen LogP contribution in [0.4, 0.5) is 5.82 Å². The largest absolute Gasteiger partial charge is 0.390 e. The van der Waals surface area contributed by atoms with Crippen LogP contribution in [0.25, 0.3) is 11.2 Å². The summed E-state index contributed by atoms with van der Waals surface area (Å²) in [4.78, 5) is 12.2. The van der Waals surface area contributed by atoms with Gasteiger partial charge in [0.15, 0.2) is 11.5 Å². The van der Waals surface area contributed by atoms with Crippen LogP contribution in [0, 0.1) is 11.3 Å². The van der Waals surface area contributed by atoms with Crippen LogP contribution in [-0.2, 0) is 4.74 Å². The highest BCUT2D eigenvalue weighted by Gasteiger charge is 2.39. The molecule has 0 aromatic carbocycles. The van der Waals surface area contributed by atoms with Crippen LogP contribution in [0.2, 0.25) is 0 Å². The second-order valence-corrected chi connectivity index (χ2v) is 5.21. The molecule has 0 aliphatic carbocycles. The molecule has 2 aromatic heterocycles. The zero-order valence-corrected chi connectivity index (χ0v) is 11.7. The van der Waals surface area contributed by atoms with Crippen LogP contribution < -0.4 is 5.73 Å². The minimum Gasteiger partial charge on any atom is -0.390 e. The molecule has 9 heteroatoms. The van der Waals surface area contributed by atoms with Crippen LogP contribution in [-0.4, -0.2) is 48.0 Å². The fourth-order valence-electron chi connectivity index (χ4n) is 2.65. The molecule has 1 aliphatic rings. The molecule has 22 heavy (non-hydrogen) atoms. The molecule has 4 N–H and O–H groups in total. The van der Waals surface area contributed by atoms with E-state index in [1.807, 2.05) is 6.07 Å². The van der Waals surface area contributed by atoms with Crippen molar-refractivity contribution < 1.29 is 14.9 Å². The number of hydrogen-bond acceptors (Lipinski definition) is 8. The van der Waals surface area contributed by atoms with Gasteiger partial charge in [-0.2, -0.15) is 5.26 Å². The lowest BCUT2D eigenvalue weighted by atomic mass is 10.0. The Balaban J connectivity index is 1.81. The number of aliphatic hydroxyl groups is 2. The third kappa shape index (κ3) is 2.48. The fourth-order valence-corrected chi connectivity index (χ4v) is 2.65. The molecule has 116 valence electrons. The van der Waals surface area contributed by atoms with Crippen molar-refractivity contribution in [3.05, 3.63) is 12.7 Å². The summed E-state index contributed by atoms with van der Waals surface area (Å²) in [5.41, 5.74) is 6.72. The Bertz CT molecular complexity index is 711. The summed E-state index contributed by atoms with van der Waals surface area (Å²) in [6.07, 6.45) is 0.651. The minimum absolute atomic E-state index is 0.205. The maximum absolute atomic E-state index is 10.1. The fraction of sp³-hybridized carbons (Fsp3) is 0.538. The van der Waals surface area contributed by atoms with Gasteiger partial charge in [-0.1, -0.05) is 0 Å². The summed E-state index contributed by atoms with van der Waals surface area (Å²) in [5.74, 6) is 0.271. The number of aromatic nitrogens is 4. The third-order valence-corrected chi connectivity index (χ3v) is 3.77. The van der Waals surface area contributed by atoms with Crippen molar-refractivity contribution in [2.75, 3.05) is 5.73 Å². The summed E-state index contributed by atoms with van der Waals surface area (Å²) >= 11 is 0. The molecule has 0 bridgehead atoms. The van der Waals surface area contributed by atoms with Gasteiger partial charge in [-0.15, -0.1) is 0 Å². The lowest BCUT2D eigenvalue weighted by molar-refractivity contribution is -0.0828. The van der Waals surface area contributed by atoms with Gasteiger partial charge in [0.2, 0.25) is 0 Å². The first-order chi connectivity index (χ1) is 10.6. The van der Waals surface area contributed by atoms with Crippen molar-refractivity contribution in [3.8, 4) is 6.07 Å². The number of nitrogens with zero attached hydrogens (tertiary/aromatic N) is 5. The molecular weight excluding hydrogens is 288 g/mol. The smallest absolute Gasteiger partial charge is 0.167 e. The maximum atomic E-state index is 10.1. The molecule has 1 unspecified atom stereocenters. The van der Waals surface area contributed by atoms with E-state index in [1.54, 1.807) is 4.57 Å². The van der Waals surface area contributed by atoms with E-state index in [-0.39, 0.29) is 18.7 Å². The van der Waals surface area contributed by atoms with E-state index in [1.165, 1.54) is 12.7 Å². The average Bonchev–Trinajstić information content (AvgIpc) is 3.09. The standard InChI is InChI=1S/C13H16N6O3/c14-3-1-2-7(20)11-8(21)4-9(22-11)19-6-18-10-12(15)16-5-17-13(10)19/h5-9,11,20-21H,1-2,4H2,(H2,15,16,17)/t7?,8-,9+,11+/m0/s1. The minimum atomic E-state index is -0.894. The van der Waals surface area contributed by atoms with Crippen molar-refractivity contribution >= 4 is 17.0 Å². The Morgan fingerprint density at radius 1 is 1.50 bits per heavy atom. The van der Waals surface area contributed by atoms with Gasteiger partial charge in [0.25, 0.3) is 0 Å². The van der Waals surface area contributed by atoms with E-state index in [2.05, 4.69) is 15.0 Å². The molecule has 3 heterocycles. The van der Waals surface area contributed by atoms with Crippen molar-refractivity contribution in [2.24, 2.45) is 0 Å². The SMILES string of the molecule is N#CCCC(O)[C@H]1O[C@@H](n2cnc3c(N)ncnc32)C[C@@H]1O.